The molecule has 0 fully saturated rings. The Morgan fingerprint density at radius 2 is 0.703 bits per heavy atom. The van der Waals surface area contributed by atoms with Crippen LogP contribution in [-0.4, -0.2) is 57.5 Å². The van der Waals surface area contributed by atoms with Gasteiger partial charge in [-0.3, -0.25) is 9.59 Å². The molecule has 190 valence electrons. The first kappa shape index (κ1) is 26.0. The molecular formula is C26H20O11. The van der Waals surface area contributed by atoms with Crippen molar-refractivity contribution in [2.75, 3.05) is 0 Å². The van der Waals surface area contributed by atoms with Gasteiger partial charge in [0.15, 0.2) is 17.3 Å². The highest BCUT2D eigenvalue weighted by Crippen LogP contribution is 2.39. The molecule has 0 atom stereocenters. The van der Waals surface area contributed by atoms with Gasteiger partial charge in [-0.15, -0.1) is 0 Å². The van der Waals surface area contributed by atoms with Crippen LogP contribution in [0.1, 0.15) is 31.8 Å². The van der Waals surface area contributed by atoms with Crippen molar-refractivity contribution in [3.05, 3.63) is 89.0 Å². The third kappa shape index (κ3) is 5.57. The summed E-state index contributed by atoms with van der Waals surface area (Å²) in [6.45, 7) is 0. The number of aromatic hydroxyl groups is 9. The first-order valence-corrected chi connectivity index (χ1v) is 10.3. The van der Waals surface area contributed by atoms with Crippen LogP contribution in [0.25, 0.3) is 0 Å². The summed E-state index contributed by atoms with van der Waals surface area (Å²) in [6, 6.07) is 12.6. The van der Waals surface area contributed by atoms with Crippen LogP contribution in [0.3, 0.4) is 0 Å². The smallest absolute Gasteiger partial charge is 0.201 e. The molecule has 11 nitrogen and oxygen atoms in total. The Morgan fingerprint density at radius 1 is 0.378 bits per heavy atom. The van der Waals surface area contributed by atoms with Crippen molar-refractivity contribution >= 4 is 11.6 Å². The van der Waals surface area contributed by atoms with E-state index in [1.165, 1.54) is 36.4 Å². The molecule has 0 saturated carbocycles. The summed E-state index contributed by atoms with van der Waals surface area (Å²) in [5.74, 6) is -5.30. The van der Waals surface area contributed by atoms with Crippen LogP contribution < -0.4 is 0 Å². The number of carbonyl (C=O) groups excluding carboxylic acids is 2. The summed E-state index contributed by atoms with van der Waals surface area (Å²) < 4.78 is 0. The zero-order valence-electron chi connectivity index (χ0n) is 18.7. The molecule has 0 aliphatic heterocycles. The predicted molar refractivity (Wildman–Crippen MR) is 128 cm³/mol. The molecule has 0 unspecified atom stereocenters. The molecular weight excluding hydrogens is 488 g/mol. The van der Waals surface area contributed by atoms with E-state index in [1.54, 1.807) is 0 Å². The second kappa shape index (κ2) is 10.4. The highest BCUT2D eigenvalue weighted by Gasteiger charge is 2.21. The number of benzene rings is 4. The largest absolute Gasteiger partial charge is 0.508 e. The Labute approximate surface area is 208 Å². The van der Waals surface area contributed by atoms with Gasteiger partial charge in [-0.1, -0.05) is 0 Å². The molecule has 0 radical (unpaired) electrons. The number of carbonyl (C=O) groups is 2. The third-order valence-corrected chi connectivity index (χ3v) is 5.05. The maximum atomic E-state index is 12.1. The minimum Gasteiger partial charge on any atom is -0.508 e. The fourth-order valence-electron chi connectivity index (χ4n) is 3.18. The number of phenols is 9. The van der Waals surface area contributed by atoms with Crippen LogP contribution in [0.2, 0.25) is 0 Å². The normalized spacial score (nSPS) is 10.3. The van der Waals surface area contributed by atoms with E-state index in [9.17, 15) is 35.1 Å². The van der Waals surface area contributed by atoms with Gasteiger partial charge in [-0.05, 0) is 48.5 Å². The topological polar surface area (TPSA) is 216 Å². The molecule has 0 saturated heterocycles. The number of ketones is 2. The van der Waals surface area contributed by atoms with Gasteiger partial charge in [0.2, 0.25) is 11.5 Å². The van der Waals surface area contributed by atoms with Crippen LogP contribution >= 0.6 is 0 Å². The molecule has 9 N–H and O–H groups in total. The molecule has 4 rings (SSSR count). The lowest BCUT2D eigenvalue weighted by atomic mass is 10.0. The summed E-state index contributed by atoms with van der Waals surface area (Å²) in [4.78, 5) is 24.1. The Hall–Kier alpha value is -5.58. The van der Waals surface area contributed by atoms with Gasteiger partial charge >= 0.3 is 0 Å². The summed E-state index contributed by atoms with van der Waals surface area (Å²) in [5.41, 5.74) is -0.531. The first-order chi connectivity index (χ1) is 17.4. The lowest BCUT2D eigenvalue weighted by Gasteiger charge is -2.08. The average Bonchev–Trinajstić information content (AvgIpc) is 2.82. The van der Waals surface area contributed by atoms with Crippen molar-refractivity contribution in [2.24, 2.45) is 0 Å². The van der Waals surface area contributed by atoms with Gasteiger partial charge in [-0.2, -0.15) is 0 Å². The molecule has 4 aromatic rings. The number of rotatable bonds is 4. The zero-order valence-corrected chi connectivity index (χ0v) is 18.7. The Bertz CT molecular complexity index is 1460. The van der Waals surface area contributed by atoms with Gasteiger partial charge in [0.25, 0.3) is 0 Å². The quantitative estimate of drug-likeness (QED) is 0.144. The fraction of sp³-hybridized carbons (Fsp3) is 0. The SMILES string of the molecule is O=C(c1ccc(O)cc1O)c1ccc(O)c(O)c1O.O=C(c1ccc(O)cc1O)c1ccc(O)cc1O. The summed E-state index contributed by atoms with van der Waals surface area (Å²) in [5, 5.41) is 84.2. The van der Waals surface area contributed by atoms with Gasteiger partial charge in [0, 0.05) is 18.2 Å². The number of hydrogen-bond acceptors (Lipinski definition) is 11. The van der Waals surface area contributed by atoms with Gasteiger partial charge in [-0.25, -0.2) is 0 Å². The second-order valence-electron chi connectivity index (χ2n) is 7.59. The van der Waals surface area contributed by atoms with E-state index in [0.717, 1.165) is 30.3 Å². The number of phenolic OH excluding ortho intramolecular Hbond substituents is 9. The standard InChI is InChI=1S/C13H10O6.C13H10O5/c14-6-1-2-7(10(16)5-6)11(17)8-3-4-9(15)13(19)12(8)18;14-7-1-3-9(11(16)5-7)13(18)10-4-2-8(15)6-12(10)17/h1-5,14-16,18-19H;1-6,14-17H. The maximum Gasteiger partial charge on any atom is 0.201 e. The molecule has 0 amide bonds. The lowest BCUT2D eigenvalue weighted by Crippen LogP contribution is -2.02. The third-order valence-electron chi connectivity index (χ3n) is 5.05. The van der Waals surface area contributed by atoms with E-state index < -0.39 is 34.6 Å². The Morgan fingerprint density at radius 3 is 1.05 bits per heavy atom. The van der Waals surface area contributed by atoms with Gasteiger partial charge in [0.1, 0.15) is 34.5 Å². The lowest BCUT2D eigenvalue weighted by molar-refractivity contribution is 0.102. The first-order valence-electron chi connectivity index (χ1n) is 10.3. The van der Waals surface area contributed by atoms with E-state index in [4.69, 9.17) is 20.4 Å². The maximum absolute atomic E-state index is 12.1. The highest BCUT2D eigenvalue weighted by molar-refractivity contribution is 6.13. The van der Waals surface area contributed by atoms with Gasteiger partial charge < -0.3 is 46.0 Å². The van der Waals surface area contributed by atoms with Gasteiger partial charge in [0.05, 0.1) is 22.3 Å². The van der Waals surface area contributed by atoms with Crippen molar-refractivity contribution in [1.82, 2.24) is 0 Å². The summed E-state index contributed by atoms with van der Waals surface area (Å²) in [6.07, 6.45) is 0. The van der Waals surface area contributed by atoms with E-state index in [0.29, 0.717) is 0 Å². The average molecular weight is 508 g/mol. The van der Waals surface area contributed by atoms with Crippen molar-refractivity contribution in [1.29, 1.82) is 0 Å². The van der Waals surface area contributed by atoms with Crippen LogP contribution in [0.15, 0.2) is 66.7 Å². The highest BCUT2D eigenvalue weighted by atomic mass is 16.3. The Balaban J connectivity index is 0.000000206. The van der Waals surface area contributed by atoms with Crippen LogP contribution in [0, 0.1) is 0 Å². The van der Waals surface area contributed by atoms with E-state index in [-0.39, 0.29) is 51.0 Å². The van der Waals surface area contributed by atoms with Crippen LogP contribution in [0.4, 0.5) is 0 Å². The van der Waals surface area contributed by atoms with E-state index in [1.807, 2.05) is 0 Å². The molecule has 4 aromatic carbocycles. The molecule has 0 heterocycles. The van der Waals surface area contributed by atoms with E-state index >= 15 is 0 Å². The summed E-state index contributed by atoms with van der Waals surface area (Å²) >= 11 is 0. The van der Waals surface area contributed by atoms with Crippen LogP contribution in [-0.2, 0) is 0 Å². The molecule has 37 heavy (non-hydrogen) atoms. The Kier molecular flexibility index (Phi) is 7.29. The summed E-state index contributed by atoms with van der Waals surface area (Å²) in [7, 11) is 0. The molecule has 11 heteroatoms. The fourth-order valence-corrected chi connectivity index (χ4v) is 3.18. The number of hydrogen-bond donors (Lipinski definition) is 9. The predicted octanol–water partition coefficient (Wildman–Crippen LogP) is 3.19. The van der Waals surface area contributed by atoms with Crippen molar-refractivity contribution in [3.8, 4) is 51.7 Å². The van der Waals surface area contributed by atoms with Crippen molar-refractivity contribution < 1.29 is 55.5 Å². The van der Waals surface area contributed by atoms with Crippen molar-refractivity contribution in [3.63, 3.8) is 0 Å². The second-order valence-corrected chi connectivity index (χ2v) is 7.59. The van der Waals surface area contributed by atoms with Crippen molar-refractivity contribution in [2.45, 2.75) is 0 Å². The molecule has 0 aromatic heterocycles. The van der Waals surface area contributed by atoms with Crippen LogP contribution in [0.5, 0.6) is 51.7 Å². The minimum absolute atomic E-state index is 0.0474. The molecule has 0 aliphatic rings. The molecule has 0 spiro atoms. The minimum atomic E-state index is -0.816. The zero-order chi connectivity index (χ0) is 27.4. The molecule has 0 aliphatic carbocycles. The monoisotopic (exact) mass is 508 g/mol. The van der Waals surface area contributed by atoms with E-state index in [2.05, 4.69) is 0 Å². The molecule has 0 bridgehead atoms.